The molecular formula is C17H22N2O2. The second-order valence-corrected chi connectivity index (χ2v) is 5.53. The number of carbonyl (C=O) groups excluding carboxylic acids is 1. The highest BCUT2D eigenvalue weighted by atomic mass is 16.5. The summed E-state index contributed by atoms with van der Waals surface area (Å²) in [5.41, 5.74) is 3.30. The Balaban J connectivity index is 2.34. The van der Waals surface area contributed by atoms with Crippen LogP contribution in [0.2, 0.25) is 0 Å². The molecule has 1 aromatic rings. The van der Waals surface area contributed by atoms with Gasteiger partial charge in [-0.2, -0.15) is 5.26 Å². The summed E-state index contributed by atoms with van der Waals surface area (Å²) in [7, 11) is 0. The maximum Gasteiger partial charge on any atom is 0.348 e. The number of aromatic nitrogens is 1. The monoisotopic (exact) mass is 286 g/mol. The van der Waals surface area contributed by atoms with E-state index in [1.807, 2.05) is 12.1 Å². The summed E-state index contributed by atoms with van der Waals surface area (Å²) in [4.78, 5) is 11.7. The van der Waals surface area contributed by atoms with Crippen LogP contribution in [-0.4, -0.2) is 17.1 Å². The fraction of sp³-hybridized carbons (Fsp3) is 0.529. The van der Waals surface area contributed by atoms with E-state index in [4.69, 9.17) is 10.00 Å². The molecule has 1 aliphatic carbocycles. The first-order valence-corrected chi connectivity index (χ1v) is 7.55. The Kier molecular flexibility index (Phi) is 4.85. The standard InChI is InChI=1S/C17H22N2O2/c1-4-21-17(20)15(11-18)10-14-9-12(2)19(13(14)3)16-7-5-6-8-16/h9-10,16H,4-8H2,1-3H3. The lowest BCUT2D eigenvalue weighted by atomic mass is 10.1. The minimum atomic E-state index is -0.550. The SMILES string of the molecule is CCOC(=O)C(C#N)=Cc1cc(C)n(C2CCCC2)c1C. The van der Waals surface area contributed by atoms with Crippen molar-refractivity contribution >= 4 is 12.0 Å². The highest BCUT2D eigenvalue weighted by molar-refractivity contribution is 5.98. The largest absolute Gasteiger partial charge is 0.462 e. The third-order valence-electron chi connectivity index (χ3n) is 4.13. The molecule has 0 aliphatic heterocycles. The molecule has 0 bridgehead atoms. The zero-order chi connectivity index (χ0) is 15.4. The molecule has 112 valence electrons. The lowest BCUT2D eigenvalue weighted by Gasteiger charge is -2.17. The van der Waals surface area contributed by atoms with Crippen LogP contribution >= 0.6 is 0 Å². The molecule has 0 radical (unpaired) electrons. The van der Waals surface area contributed by atoms with E-state index < -0.39 is 5.97 Å². The Labute approximate surface area is 126 Å². The van der Waals surface area contributed by atoms with Crippen molar-refractivity contribution in [1.82, 2.24) is 4.57 Å². The van der Waals surface area contributed by atoms with Crippen LogP contribution in [0.4, 0.5) is 0 Å². The second-order valence-electron chi connectivity index (χ2n) is 5.53. The van der Waals surface area contributed by atoms with E-state index in [9.17, 15) is 4.79 Å². The van der Waals surface area contributed by atoms with Gasteiger partial charge in [-0.25, -0.2) is 4.79 Å². The third kappa shape index (κ3) is 3.18. The molecule has 0 saturated heterocycles. The predicted octanol–water partition coefficient (Wildman–Crippen LogP) is 3.69. The number of hydrogen-bond donors (Lipinski definition) is 0. The third-order valence-corrected chi connectivity index (χ3v) is 4.13. The Bertz CT molecular complexity index is 599. The predicted molar refractivity (Wildman–Crippen MR) is 81.6 cm³/mol. The van der Waals surface area contributed by atoms with Gasteiger partial charge in [0.25, 0.3) is 0 Å². The summed E-state index contributed by atoms with van der Waals surface area (Å²) in [6.07, 6.45) is 6.62. The van der Waals surface area contributed by atoms with Gasteiger partial charge in [0.1, 0.15) is 11.6 Å². The van der Waals surface area contributed by atoms with E-state index in [0.29, 0.717) is 6.04 Å². The summed E-state index contributed by atoms with van der Waals surface area (Å²) >= 11 is 0. The number of nitriles is 1. The van der Waals surface area contributed by atoms with E-state index in [-0.39, 0.29) is 12.2 Å². The summed E-state index contributed by atoms with van der Waals surface area (Å²) in [5, 5.41) is 9.14. The van der Waals surface area contributed by atoms with Crippen molar-refractivity contribution in [2.45, 2.75) is 52.5 Å². The number of esters is 1. The molecule has 21 heavy (non-hydrogen) atoms. The smallest absolute Gasteiger partial charge is 0.348 e. The van der Waals surface area contributed by atoms with Gasteiger partial charge in [0.05, 0.1) is 6.61 Å². The van der Waals surface area contributed by atoms with Crippen molar-refractivity contribution < 1.29 is 9.53 Å². The second kappa shape index (κ2) is 6.62. The van der Waals surface area contributed by atoms with E-state index >= 15 is 0 Å². The van der Waals surface area contributed by atoms with Gasteiger partial charge in [-0.3, -0.25) is 0 Å². The van der Waals surface area contributed by atoms with Gasteiger partial charge in [0, 0.05) is 17.4 Å². The fourth-order valence-electron chi connectivity index (χ4n) is 3.17. The molecular weight excluding hydrogens is 264 g/mol. The van der Waals surface area contributed by atoms with Gasteiger partial charge < -0.3 is 9.30 Å². The van der Waals surface area contributed by atoms with Crippen molar-refractivity contribution in [2.24, 2.45) is 0 Å². The summed E-state index contributed by atoms with van der Waals surface area (Å²) in [5.74, 6) is -0.550. The first-order chi connectivity index (χ1) is 10.1. The Hall–Kier alpha value is -2.02. The number of carbonyl (C=O) groups is 1. The van der Waals surface area contributed by atoms with Crippen molar-refractivity contribution in [3.63, 3.8) is 0 Å². The number of nitrogens with zero attached hydrogens (tertiary/aromatic N) is 2. The number of ether oxygens (including phenoxy) is 1. The van der Waals surface area contributed by atoms with Gasteiger partial charge in [0.2, 0.25) is 0 Å². The molecule has 1 aliphatic rings. The number of hydrogen-bond acceptors (Lipinski definition) is 3. The van der Waals surface area contributed by atoms with Gasteiger partial charge in [-0.1, -0.05) is 12.8 Å². The van der Waals surface area contributed by atoms with Crippen molar-refractivity contribution in [1.29, 1.82) is 5.26 Å². The highest BCUT2D eigenvalue weighted by Gasteiger charge is 2.21. The van der Waals surface area contributed by atoms with Crippen LogP contribution < -0.4 is 0 Å². The first-order valence-electron chi connectivity index (χ1n) is 7.55. The minimum Gasteiger partial charge on any atom is -0.462 e. The minimum absolute atomic E-state index is 0.0588. The molecule has 0 aromatic carbocycles. The molecule has 1 fully saturated rings. The Morgan fingerprint density at radius 1 is 1.48 bits per heavy atom. The quantitative estimate of drug-likeness (QED) is 0.482. The van der Waals surface area contributed by atoms with Crippen LogP contribution in [0, 0.1) is 25.2 Å². The van der Waals surface area contributed by atoms with Crippen molar-refractivity contribution in [2.75, 3.05) is 6.61 Å². The van der Waals surface area contributed by atoms with Crippen molar-refractivity contribution in [3.05, 3.63) is 28.6 Å². The topological polar surface area (TPSA) is 55.0 Å². The lowest BCUT2D eigenvalue weighted by molar-refractivity contribution is -0.137. The highest BCUT2D eigenvalue weighted by Crippen LogP contribution is 2.33. The van der Waals surface area contributed by atoms with E-state index in [0.717, 1.165) is 11.3 Å². The zero-order valence-corrected chi connectivity index (χ0v) is 13.0. The Morgan fingerprint density at radius 2 is 2.14 bits per heavy atom. The van der Waals surface area contributed by atoms with Crippen LogP contribution in [0.25, 0.3) is 6.08 Å². The normalized spacial score (nSPS) is 16.0. The summed E-state index contributed by atoms with van der Waals surface area (Å²) in [6.45, 7) is 6.15. The molecule has 1 heterocycles. The summed E-state index contributed by atoms with van der Waals surface area (Å²) in [6, 6.07) is 4.54. The van der Waals surface area contributed by atoms with Gasteiger partial charge in [-0.15, -0.1) is 0 Å². The number of aryl methyl sites for hydroxylation is 1. The van der Waals surface area contributed by atoms with Crippen LogP contribution in [-0.2, 0) is 9.53 Å². The molecule has 0 atom stereocenters. The molecule has 4 nitrogen and oxygen atoms in total. The number of rotatable bonds is 4. The molecule has 4 heteroatoms. The van der Waals surface area contributed by atoms with Gasteiger partial charge >= 0.3 is 5.97 Å². The molecule has 2 rings (SSSR count). The molecule has 1 aromatic heterocycles. The maximum absolute atomic E-state index is 11.7. The first kappa shape index (κ1) is 15.4. The van der Waals surface area contributed by atoms with Crippen LogP contribution in [0.5, 0.6) is 0 Å². The van der Waals surface area contributed by atoms with E-state index in [1.54, 1.807) is 13.0 Å². The average molecular weight is 286 g/mol. The molecule has 0 unspecified atom stereocenters. The Morgan fingerprint density at radius 3 is 2.71 bits per heavy atom. The summed E-state index contributed by atoms with van der Waals surface area (Å²) < 4.78 is 7.25. The average Bonchev–Trinajstić information content (AvgIpc) is 3.05. The molecule has 0 amide bonds. The maximum atomic E-state index is 11.7. The van der Waals surface area contributed by atoms with Crippen LogP contribution in [0.1, 0.15) is 55.6 Å². The van der Waals surface area contributed by atoms with Crippen molar-refractivity contribution in [3.8, 4) is 6.07 Å². The molecule has 0 spiro atoms. The molecule has 1 saturated carbocycles. The van der Waals surface area contributed by atoms with Gasteiger partial charge in [0.15, 0.2) is 0 Å². The van der Waals surface area contributed by atoms with Crippen LogP contribution in [0.3, 0.4) is 0 Å². The lowest BCUT2D eigenvalue weighted by Crippen LogP contribution is -2.08. The van der Waals surface area contributed by atoms with E-state index in [2.05, 4.69) is 18.4 Å². The van der Waals surface area contributed by atoms with E-state index in [1.165, 1.54) is 31.4 Å². The zero-order valence-electron chi connectivity index (χ0n) is 13.0. The fourth-order valence-corrected chi connectivity index (χ4v) is 3.17. The van der Waals surface area contributed by atoms with Gasteiger partial charge in [-0.05, 0) is 51.3 Å². The molecule has 0 N–H and O–H groups in total. The van der Waals surface area contributed by atoms with Crippen LogP contribution in [0.15, 0.2) is 11.6 Å².